The number of amides is 1. The van der Waals surface area contributed by atoms with Crippen molar-refractivity contribution >= 4 is 22.6 Å². The zero-order valence-electron chi connectivity index (χ0n) is 14.8. The van der Waals surface area contributed by atoms with Gasteiger partial charge >= 0.3 is 5.69 Å². The fraction of sp³-hybridized carbons (Fsp3) is 0.263. The van der Waals surface area contributed by atoms with Gasteiger partial charge in [-0.2, -0.15) is 0 Å². The molecule has 0 radical (unpaired) electrons. The van der Waals surface area contributed by atoms with E-state index in [4.69, 9.17) is 4.74 Å². The van der Waals surface area contributed by atoms with Crippen molar-refractivity contribution in [1.82, 2.24) is 9.13 Å². The largest absolute Gasteiger partial charge is 0.481 e. The van der Waals surface area contributed by atoms with Crippen LogP contribution < -0.4 is 15.7 Å². The third kappa shape index (κ3) is 3.33. The van der Waals surface area contributed by atoms with Crippen molar-refractivity contribution in [2.24, 2.45) is 14.1 Å². The van der Waals surface area contributed by atoms with Crippen molar-refractivity contribution in [1.29, 1.82) is 0 Å². The quantitative estimate of drug-likeness (QED) is 0.764. The first-order valence-corrected chi connectivity index (χ1v) is 8.29. The van der Waals surface area contributed by atoms with Gasteiger partial charge in [0.15, 0.2) is 6.10 Å². The third-order valence-electron chi connectivity index (χ3n) is 4.29. The van der Waals surface area contributed by atoms with E-state index in [0.29, 0.717) is 17.9 Å². The zero-order chi connectivity index (χ0) is 18.8. The van der Waals surface area contributed by atoms with E-state index in [1.807, 2.05) is 6.92 Å². The number of hydrogen-bond donors (Lipinski definition) is 1. The molecule has 0 aliphatic carbocycles. The van der Waals surface area contributed by atoms with Crippen LogP contribution in [0.25, 0.3) is 11.0 Å². The first-order valence-electron chi connectivity index (χ1n) is 8.29. The van der Waals surface area contributed by atoms with Crippen molar-refractivity contribution in [3.63, 3.8) is 0 Å². The van der Waals surface area contributed by atoms with Crippen molar-refractivity contribution in [3.05, 3.63) is 58.8 Å². The maximum atomic E-state index is 13.0. The van der Waals surface area contributed by atoms with Gasteiger partial charge in [-0.1, -0.05) is 6.92 Å². The van der Waals surface area contributed by atoms with Crippen LogP contribution in [0.4, 0.5) is 10.1 Å². The number of carbonyl (C=O) groups excluding carboxylic acids is 1. The second kappa shape index (κ2) is 7.03. The highest BCUT2D eigenvalue weighted by molar-refractivity contribution is 5.96. The van der Waals surface area contributed by atoms with E-state index in [1.165, 1.54) is 28.8 Å². The number of aromatic nitrogens is 2. The van der Waals surface area contributed by atoms with Gasteiger partial charge in [0.25, 0.3) is 5.91 Å². The minimum Gasteiger partial charge on any atom is -0.481 e. The molecule has 0 unspecified atom stereocenters. The van der Waals surface area contributed by atoms with Gasteiger partial charge < -0.3 is 10.1 Å². The van der Waals surface area contributed by atoms with Crippen LogP contribution >= 0.6 is 0 Å². The van der Waals surface area contributed by atoms with Gasteiger partial charge in [0.1, 0.15) is 11.6 Å². The Morgan fingerprint density at radius 2 is 1.77 bits per heavy atom. The summed E-state index contributed by atoms with van der Waals surface area (Å²) in [7, 11) is 3.38. The molecule has 0 aliphatic rings. The fourth-order valence-electron chi connectivity index (χ4n) is 2.81. The van der Waals surface area contributed by atoms with E-state index < -0.39 is 6.10 Å². The average Bonchev–Trinajstić information content (AvgIpc) is 2.85. The molecule has 0 bridgehead atoms. The number of benzene rings is 2. The molecular weight excluding hydrogens is 337 g/mol. The number of ether oxygens (including phenoxy) is 1. The van der Waals surface area contributed by atoms with Crippen molar-refractivity contribution in [2.45, 2.75) is 19.4 Å². The Labute approximate surface area is 149 Å². The first kappa shape index (κ1) is 17.7. The summed E-state index contributed by atoms with van der Waals surface area (Å²) in [6.45, 7) is 1.83. The molecule has 1 heterocycles. The summed E-state index contributed by atoms with van der Waals surface area (Å²) >= 11 is 0. The van der Waals surface area contributed by atoms with Gasteiger partial charge in [0, 0.05) is 19.8 Å². The minimum absolute atomic E-state index is 0.130. The second-order valence-corrected chi connectivity index (χ2v) is 6.06. The highest BCUT2D eigenvalue weighted by atomic mass is 19.1. The van der Waals surface area contributed by atoms with E-state index in [2.05, 4.69) is 5.32 Å². The van der Waals surface area contributed by atoms with Crippen LogP contribution in [0.2, 0.25) is 0 Å². The Kier molecular flexibility index (Phi) is 4.79. The lowest BCUT2D eigenvalue weighted by molar-refractivity contribution is -0.122. The molecule has 0 fully saturated rings. The van der Waals surface area contributed by atoms with Crippen LogP contribution in [0, 0.1) is 5.82 Å². The number of anilines is 1. The number of aryl methyl sites for hydroxylation is 2. The summed E-state index contributed by atoms with van der Waals surface area (Å²) in [6, 6.07) is 10.8. The molecule has 0 aliphatic heterocycles. The molecule has 0 saturated heterocycles. The first-order chi connectivity index (χ1) is 12.4. The topological polar surface area (TPSA) is 65.3 Å². The highest BCUT2D eigenvalue weighted by Crippen LogP contribution is 2.19. The molecule has 1 aromatic heterocycles. The summed E-state index contributed by atoms with van der Waals surface area (Å²) in [6.07, 6.45) is -0.259. The van der Waals surface area contributed by atoms with Crippen LogP contribution in [-0.2, 0) is 18.9 Å². The molecule has 1 atom stereocenters. The van der Waals surface area contributed by atoms with E-state index in [1.54, 1.807) is 36.9 Å². The molecule has 1 amide bonds. The summed E-state index contributed by atoms with van der Waals surface area (Å²) in [5.41, 5.74) is 1.95. The maximum absolute atomic E-state index is 13.0. The SMILES string of the molecule is CC[C@H](Oc1ccc(F)cc1)C(=O)Nc1ccc2c(c1)n(C)c(=O)n2C. The third-order valence-corrected chi connectivity index (χ3v) is 4.29. The van der Waals surface area contributed by atoms with Gasteiger partial charge in [-0.15, -0.1) is 0 Å². The van der Waals surface area contributed by atoms with E-state index >= 15 is 0 Å². The van der Waals surface area contributed by atoms with E-state index in [9.17, 15) is 14.0 Å². The van der Waals surface area contributed by atoms with E-state index in [-0.39, 0.29) is 17.4 Å². The van der Waals surface area contributed by atoms with Crippen LogP contribution in [0.15, 0.2) is 47.3 Å². The molecule has 3 rings (SSSR count). The number of fused-ring (bicyclic) bond motifs is 1. The molecular formula is C19H20FN3O3. The predicted octanol–water partition coefficient (Wildman–Crippen LogP) is 2.81. The molecule has 6 nitrogen and oxygen atoms in total. The molecule has 3 aromatic rings. The van der Waals surface area contributed by atoms with E-state index in [0.717, 1.165) is 11.0 Å². The Morgan fingerprint density at radius 1 is 1.12 bits per heavy atom. The normalized spacial score (nSPS) is 12.2. The smallest absolute Gasteiger partial charge is 0.328 e. The molecule has 0 spiro atoms. The van der Waals surface area contributed by atoms with Gasteiger partial charge in [0.05, 0.1) is 11.0 Å². The Bertz CT molecular complexity index is 1010. The van der Waals surface area contributed by atoms with Crippen LogP contribution in [0.1, 0.15) is 13.3 Å². The predicted molar refractivity (Wildman–Crippen MR) is 97.9 cm³/mol. The summed E-state index contributed by atoms with van der Waals surface area (Å²) in [5, 5.41) is 2.81. The standard InChI is InChI=1S/C19H20FN3O3/c1-4-17(26-14-8-5-12(20)6-9-14)18(24)21-13-7-10-15-16(11-13)23(3)19(25)22(15)2/h5-11,17H,4H2,1-3H3,(H,21,24)/t17-/m0/s1. The van der Waals surface area contributed by atoms with Crippen LogP contribution in [-0.4, -0.2) is 21.1 Å². The van der Waals surface area contributed by atoms with Crippen LogP contribution in [0.3, 0.4) is 0 Å². The molecule has 0 saturated carbocycles. The lowest BCUT2D eigenvalue weighted by Gasteiger charge is -2.17. The molecule has 7 heteroatoms. The van der Waals surface area contributed by atoms with Gasteiger partial charge in [-0.25, -0.2) is 9.18 Å². The second-order valence-electron chi connectivity index (χ2n) is 6.06. The number of rotatable bonds is 5. The van der Waals surface area contributed by atoms with Crippen LogP contribution in [0.5, 0.6) is 5.75 Å². The Hall–Kier alpha value is -3.09. The number of imidazole rings is 1. The number of nitrogens with zero attached hydrogens (tertiary/aromatic N) is 2. The lowest BCUT2D eigenvalue weighted by Crippen LogP contribution is -2.32. The molecule has 2 aromatic carbocycles. The number of hydrogen-bond acceptors (Lipinski definition) is 3. The Balaban J connectivity index is 1.79. The molecule has 136 valence electrons. The number of carbonyl (C=O) groups is 1. The van der Waals surface area contributed by atoms with Crippen molar-refractivity contribution in [2.75, 3.05) is 5.32 Å². The highest BCUT2D eigenvalue weighted by Gasteiger charge is 2.19. The number of halogens is 1. The monoisotopic (exact) mass is 357 g/mol. The number of nitrogens with one attached hydrogen (secondary N) is 1. The van der Waals surface area contributed by atoms with Crippen molar-refractivity contribution in [3.8, 4) is 5.75 Å². The molecule has 26 heavy (non-hydrogen) atoms. The van der Waals surface area contributed by atoms with Gasteiger partial charge in [-0.3, -0.25) is 13.9 Å². The minimum atomic E-state index is -0.712. The van der Waals surface area contributed by atoms with Gasteiger partial charge in [0.2, 0.25) is 0 Å². The summed E-state index contributed by atoms with van der Waals surface area (Å²) in [4.78, 5) is 24.5. The summed E-state index contributed by atoms with van der Waals surface area (Å²) < 4.78 is 21.7. The Morgan fingerprint density at radius 3 is 2.42 bits per heavy atom. The summed E-state index contributed by atoms with van der Waals surface area (Å²) in [5.74, 6) is -0.247. The average molecular weight is 357 g/mol. The fourth-order valence-corrected chi connectivity index (χ4v) is 2.81. The van der Waals surface area contributed by atoms with Gasteiger partial charge in [-0.05, 0) is 48.9 Å². The lowest BCUT2D eigenvalue weighted by atomic mass is 10.2. The maximum Gasteiger partial charge on any atom is 0.328 e. The van der Waals surface area contributed by atoms with Crippen molar-refractivity contribution < 1.29 is 13.9 Å². The zero-order valence-corrected chi connectivity index (χ0v) is 14.8. The molecule has 1 N–H and O–H groups in total.